The van der Waals surface area contributed by atoms with Gasteiger partial charge in [-0.1, -0.05) is 26.7 Å². The van der Waals surface area contributed by atoms with Crippen molar-refractivity contribution in [1.82, 2.24) is 0 Å². The molecule has 0 heterocycles. The summed E-state index contributed by atoms with van der Waals surface area (Å²) < 4.78 is 3.86. The van der Waals surface area contributed by atoms with Crippen molar-refractivity contribution in [2.24, 2.45) is 0 Å². The lowest BCUT2D eigenvalue weighted by molar-refractivity contribution is -0.126. The first-order valence-corrected chi connectivity index (χ1v) is 2.79. The smallest absolute Gasteiger partial charge is 0.292 e. The highest BCUT2D eigenvalue weighted by Crippen LogP contribution is 1.76. The van der Waals surface area contributed by atoms with Gasteiger partial charge < -0.3 is 4.74 Å². The van der Waals surface area contributed by atoms with Crippen LogP contribution in [0.15, 0.2) is 0 Å². The van der Waals surface area contributed by atoms with Gasteiger partial charge in [-0.25, -0.2) is 0 Å². The maximum atomic E-state index is 8.95. The maximum absolute atomic E-state index is 8.95. The van der Waals surface area contributed by atoms with E-state index in [9.17, 15) is 0 Å². The van der Waals surface area contributed by atoms with E-state index in [-0.39, 0.29) is 0 Å². The zero-order valence-electron chi connectivity index (χ0n) is 5.81. The largest absolute Gasteiger partial charge is 0.471 e. The highest BCUT2D eigenvalue weighted by molar-refractivity contribution is 5.36. The molecular weight excluding hydrogens is 104 g/mol. The van der Waals surface area contributed by atoms with Crippen molar-refractivity contribution in [2.45, 2.75) is 26.7 Å². The summed E-state index contributed by atoms with van der Waals surface area (Å²) in [4.78, 5) is 8.95. The molecule has 0 atom stereocenters. The molecule has 0 aliphatic heterocycles. The fourth-order valence-corrected chi connectivity index (χ4v) is 0. The van der Waals surface area contributed by atoms with E-state index >= 15 is 0 Å². The molecule has 8 heavy (non-hydrogen) atoms. The van der Waals surface area contributed by atoms with Crippen LogP contribution >= 0.6 is 0 Å². The summed E-state index contributed by atoms with van der Waals surface area (Å²) >= 11 is 0. The number of methoxy groups -OCH3 is 1. The molecule has 0 bridgehead atoms. The van der Waals surface area contributed by atoms with Crippen LogP contribution in [0.2, 0.25) is 0 Å². The molecule has 0 aromatic carbocycles. The molecule has 0 N–H and O–H groups in total. The fraction of sp³-hybridized carbons (Fsp3) is 0.833. The van der Waals surface area contributed by atoms with Crippen molar-refractivity contribution in [2.75, 3.05) is 7.11 Å². The van der Waals surface area contributed by atoms with E-state index in [4.69, 9.17) is 4.79 Å². The van der Waals surface area contributed by atoms with Gasteiger partial charge in [-0.05, 0) is 0 Å². The first-order chi connectivity index (χ1) is 3.83. The predicted octanol–water partition coefficient (Wildman–Crippen LogP) is 1.60. The van der Waals surface area contributed by atoms with Crippen molar-refractivity contribution in [3.05, 3.63) is 0 Å². The highest BCUT2D eigenvalue weighted by atomic mass is 16.5. The molecule has 0 saturated carbocycles. The maximum Gasteiger partial charge on any atom is 0.292 e. The van der Waals surface area contributed by atoms with E-state index in [0.717, 1.165) is 0 Å². The molecule has 0 aliphatic rings. The highest BCUT2D eigenvalue weighted by Gasteiger charge is 1.56. The molecule has 0 aromatic heterocycles. The third kappa shape index (κ3) is 50.6. The second kappa shape index (κ2) is 16.1. The zero-order chi connectivity index (χ0) is 6.83. The Kier molecular flexibility index (Phi) is 21.0. The van der Waals surface area contributed by atoms with Gasteiger partial charge >= 0.3 is 0 Å². The first-order valence-electron chi connectivity index (χ1n) is 2.79. The summed E-state index contributed by atoms with van der Waals surface area (Å²) in [6, 6.07) is 0. The Labute approximate surface area is 50.8 Å². The number of hydrogen-bond acceptors (Lipinski definition) is 2. The van der Waals surface area contributed by atoms with Crippen molar-refractivity contribution < 1.29 is 9.53 Å². The van der Waals surface area contributed by atoms with Gasteiger partial charge in [0.25, 0.3) is 6.47 Å². The number of rotatable bonds is 2. The number of unbranched alkanes of at least 4 members (excludes halogenated alkanes) is 1. The summed E-state index contributed by atoms with van der Waals surface area (Å²) in [5.74, 6) is 0. The molecule has 0 rings (SSSR count). The van der Waals surface area contributed by atoms with Gasteiger partial charge in [0.05, 0.1) is 7.11 Å². The van der Waals surface area contributed by atoms with Crippen LogP contribution in [-0.4, -0.2) is 13.6 Å². The molecule has 0 saturated heterocycles. The van der Waals surface area contributed by atoms with Gasteiger partial charge in [-0.3, -0.25) is 4.79 Å². The summed E-state index contributed by atoms with van der Waals surface area (Å²) in [5, 5.41) is 0. The van der Waals surface area contributed by atoms with E-state index in [1.807, 2.05) is 0 Å². The van der Waals surface area contributed by atoms with E-state index < -0.39 is 0 Å². The molecule has 0 aromatic rings. The van der Waals surface area contributed by atoms with E-state index in [2.05, 4.69) is 18.6 Å². The van der Waals surface area contributed by atoms with Crippen LogP contribution < -0.4 is 0 Å². The fourth-order valence-electron chi connectivity index (χ4n) is 0. The quantitative estimate of drug-likeness (QED) is 0.515. The molecule has 0 aliphatic carbocycles. The second-order valence-corrected chi connectivity index (χ2v) is 1.33. The van der Waals surface area contributed by atoms with E-state index in [1.165, 1.54) is 20.0 Å². The van der Waals surface area contributed by atoms with Gasteiger partial charge in [0, 0.05) is 0 Å². The monoisotopic (exact) mass is 118 g/mol. The predicted molar refractivity (Wildman–Crippen MR) is 33.7 cm³/mol. The number of hydrogen-bond donors (Lipinski definition) is 0. The van der Waals surface area contributed by atoms with Crippen LogP contribution in [0, 0.1) is 0 Å². The molecule has 2 heteroatoms. The standard InChI is InChI=1S/C4H10.C2H4O2/c1-3-4-2;1-4-2-3/h3-4H2,1-2H3;2H,1H3. The lowest BCUT2D eigenvalue weighted by atomic mass is 10.4. The van der Waals surface area contributed by atoms with Crippen molar-refractivity contribution >= 4 is 6.47 Å². The first kappa shape index (κ1) is 10.5. The molecule has 2 nitrogen and oxygen atoms in total. The summed E-state index contributed by atoms with van der Waals surface area (Å²) in [7, 11) is 1.31. The zero-order valence-corrected chi connectivity index (χ0v) is 5.81. The van der Waals surface area contributed by atoms with Crippen LogP contribution in [0.25, 0.3) is 0 Å². The Morgan fingerprint density at radius 3 is 1.62 bits per heavy atom. The van der Waals surface area contributed by atoms with Gasteiger partial charge in [-0.15, -0.1) is 0 Å². The molecule has 0 spiro atoms. The molecule has 0 unspecified atom stereocenters. The SMILES string of the molecule is CCCC.COC=O. The normalized spacial score (nSPS) is 6.38. The minimum absolute atomic E-state index is 0.375. The van der Waals surface area contributed by atoms with Crippen LogP contribution in [0.1, 0.15) is 26.7 Å². The number of carbonyl (C=O) groups excluding carboxylic acids is 1. The summed E-state index contributed by atoms with van der Waals surface area (Å²) in [6.07, 6.45) is 2.64. The van der Waals surface area contributed by atoms with E-state index in [0.29, 0.717) is 6.47 Å². The second-order valence-electron chi connectivity index (χ2n) is 1.33. The van der Waals surface area contributed by atoms with Gasteiger partial charge in [0.2, 0.25) is 0 Å². The Hall–Kier alpha value is -0.530. The van der Waals surface area contributed by atoms with Crippen molar-refractivity contribution in [3.63, 3.8) is 0 Å². The van der Waals surface area contributed by atoms with Gasteiger partial charge in [0.15, 0.2) is 0 Å². The molecule has 0 amide bonds. The Morgan fingerprint density at radius 1 is 1.38 bits per heavy atom. The number of carbonyl (C=O) groups is 1. The summed E-state index contributed by atoms with van der Waals surface area (Å²) in [5.41, 5.74) is 0. The van der Waals surface area contributed by atoms with Crippen LogP contribution in [0.5, 0.6) is 0 Å². The van der Waals surface area contributed by atoms with Crippen molar-refractivity contribution in [3.8, 4) is 0 Å². The minimum Gasteiger partial charge on any atom is -0.471 e. The topological polar surface area (TPSA) is 26.3 Å². The Balaban J connectivity index is 0. The number of ether oxygens (including phenoxy) is 1. The van der Waals surface area contributed by atoms with Gasteiger partial charge in [0.1, 0.15) is 0 Å². The molecule has 0 radical (unpaired) electrons. The lowest BCUT2D eigenvalue weighted by Gasteiger charge is -1.68. The third-order valence-electron chi connectivity index (χ3n) is 0.596. The lowest BCUT2D eigenvalue weighted by Crippen LogP contribution is -1.68. The van der Waals surface area contributed by atoms with E-state index in [1.54, 1.807) is 0 Å². The van der Waals surface area contributed by atoms with Crippen molar-refractivity contribution in [1.29, 1.82) is 0 Å². The van der Waals surface area contributed by atoms with Crippen LogP contribution in [0.4, 0.5) is 0 Å². The van der Waals surface area contributed by atoms with Crippen LogP contribution in [-0.2, 0) is 9.53 Å². The van der Waals surface area contributed by atoms with Gasteiger partial charge in [-0.2, -0.15) is 0 Å². The average Bonchev–Trinajstić information content (AvgIpc) is 1.88. The molecular formula is C6H14O2. The molecule has 50 valence electrons. The van der Waals surface area contributed by atoms with Crippen LogP contribution in [0.3, 0.4) is 0 Å². The third-order valence-corrected chi connectivity index (χ3v) is 0.596. The minimum atomic E-state index is 0.375. The molecule has 0 fully saturated rings. The Bertz CT molecular complexity index is 33.5. The average molecular weight is 118 g/mol. The Morgan fingerprint density at radius 2 is 1.62 bits per heavy atom. The summed E-state index contributed by atoms with van der Waals surface area (Å²) in [6.45, 7) is 4.74.